The van der Waals surface area contributed by atoms with Gasteiger partial charge in [-0.05, 0) is 26.0 Å². The van der Waals surface area contributed by atoms with Crippen LogP contribution < -0.4 is 10.2 Å². The lowest BCUT2D eigenvalue weighted by Gasteiger charge is -2.27. The highest BCUT2D eigenvalue weighted by atomic mass is 16.6. The Balaban J connectivity index is 2.35. The van der Waals surface area contributed by atoms with Crippen LogP contribution in [0.2, 0.25) is 0 Å². The Kier molecular flexibility index (Phi) is 4.24. The van der Waals surface area contributed by atoms with E-state index in [-0.39, 0.29) is 18.9 Å². The van der Waals surface area contributed by atoms with Gasteiger partial charge in [0.15, 0.2) is 0 Å². The first-order valence-corrected chi connectivity index (χ1v) is 6.38. The maximum absolute atomic E-state index is 12.0. The van der Waals surface area contributed by atoms with Crippen LogP contribution in [0.5, 0.6) is 0 Å². The van der Waals surface area contributed by atoms with Crippen molar-refractivity contribution in [3.05, 3.63) is 36.2 Å². The summed E-state index contributed by atoms with van der Waals surface area (Å²) < 4.78 is 9.92. The van der Waals surface area contributed by atoms with Crippen LogP contribution in [-0.2, 0) is 14.3 Å². The maximum atomic E-state index is 12.0. The van der Waals surface area contributed by atoms with Gasteiger partial charge in [0, 0.05) is 6.20 Å². The summed E-state index contributed by atoms with van der Waals surface area (Å²) in [6, 6.07) is 7.14. The predicted molar refractivity (Wildman–Crippen MR) is 74.3 cm³/mol. The third kappa shape index (κ3) is 2.74. The summed E-state index contributed by atoms with van der Waals surface area (Å²) >= 11 is 0. The highest BCUT2D eigenvalue weighted by molar-refractivity contribution is 6.02. The fourth-order valence-corrected chi connectivity index (χ4v) is 1.82. The number of rotatable bonds is 3. The Bertz CT molecular complexity index is 554. The number of amides is 1. The number of esters is 1. The van der Waals surface area contributed by atoms with Gasteiger partial charge in [-0.1, -0.05) is 12.1 Å². The molecule has 20 heavy (non-hydrogen) atoms. The number of benzene rings is 1. The second kappa shape index (κ2) is 6.10. The van der Waals surface area contributed by atoms with Gasteiger partial charge in [-0.3, -0.25) is 0 Å². The zero-order valence-electron chi connectivity index (χ0n) is 11.4. The lowest BCUT2D eigenvalue weighted by molar-refractivity contribution is -0.138. The normalized spacial score (nSPS) is 12.9. The van der Waals surface area contributed by atoms with Crippen LogP contribution in [-0.4, -0.2) is 25.3 Å². The highest BCUT2D eigenvalue weighted by Gasteiger charge is 2.26. The van der Waals surface area contributed by atoms with Crippen LogP contribution in [0, 0.1) is 0 Å². The monoisotopic (exact) mass is 276 g/mol. The van der Waals surface area contributed by atoms with Crippen molar-refractivity contribution in [3.63, 3.8) is 0 Å². The molecule has 1 N–H and O–H groups in total. The number of hydrogen-bond acceptors (Lipinski definition) is 5. The maximum Gasteiger partial charge on any atom is 0.418 e. The number of carbonyl (C=O) groups is 2. The lowest BCUT2D eigenvalue weighted by Crippen LogP contribution is -2.32. The van der Waals surface area contributed by atoms with Gasteiger partial charge in [-0.25, -0.2) is 14.5 Å². The number of para-hydroxylation sites is 2. The van der Waals surface area contributed by atoms with Gasteiger partial charge in [0.25, 0.3) is 0 Å². The first-order chi connectivity index (χ1) is 9.67. The fourth-order valence-electron chi connectivity index (χ4n) is 1.82. The number of fused-ring (bicyclic) bond motifs is 1. The molecule has 0 saturated heterocycles. The number of hydrogen-bond donors (Lipinski definition) is 1. The lowest BCUT2D eigenvalue weighted by atomic mass is 10.2. The summed E-state index contributed by atoms with van der Waals surface area (Å²) in [6.07, 6.45) is 0.849. The first kappa shape index (κ1) is 13.9. The highest BCUT2D eigenvalue weighted by Crippen LogP contribution is 2.32. The summed E-state index contributed by atoms with van der Waals surface area (Å²) in [5.74, 6) is -0.517. The Morgan fingerprint density at radius 3 is 2.55 bits per heavy atom. The Labute approximate surface area is 117 Å². The SMILES string of the molecule is CCOC(=O)C1=CN(C(=O)OCC)c2ccccc2N1. The van der Waals surface area contributed by atoms with E-state index >= 15 is 0 Å². The molecule has 1 heterocycles. The number of nitrogens with one attached hydrogen (secondary N) is 1. The van der Waals surface area contributed by atoms with Crippen molar-refractivity contribution in [2.45, 2.75) is 13.8 Å². The molecule has 0 atom stereocenters. The van der Waals surface area contributed by atoms with E-state index in [1.807, 2.05) is 6.07 Å². The standard InChI is InChI=1S/C14H16N2O4/c1-3-19-13(17)11-9-16(14(18)20-4-2)12-8-6-5-7-10(12)15-11/h5-9,15H,3-4H2,1-2H3. The number of carbonyl (C=O) groups excluding carboxylic acids is 2. The van der Waals surface area contributed by atoms with Crippen LogP contribution in [0.15, 0.2) is 36.2 Å². The van der Waals surface area contributed by atoms with E-state index in [2.05, 4.69) is 5.32 Å². The Hall–Kier alpha value is -2.50. The van der Waals surface area contributed by atoms with Gasteiger partial charge in [-0.15, -0.1) is 0 Å². The van der Waals surface area contributed by atoms with Gasteiger partial charge < -0.3 is 14.8 Å². The summed E-state index contributed by atoms with van der Waals surface area (Å²) in [5, 5.41) is 2.95. The van der Waals surface area contributed by atoms with Crippen molar-refractivity contribution in [1.29, 1.82) is 0 Å². The first-order valence-electron chi connectivity index (χ1n) is 6.38. The van der Waals surface area contributed by atoms with Gasteiger partial charge in [0.05, 0.1) is 24.6 Å². The minimum atomic E-state index is -0.539. The molecule has 0 fully saturated rings. The van der Waals surface area contributed by atoms with E-state index in [1.54, 1.807) is 32.0 Å². The molecule has 1 aliphatic heterocycles. The third-order valence-electron chi connectivity index (χ3n) is 2.65. The van der Waals surface area contributed by atoms with Crippen LogP contribution in [0.4, 0.5) is 16.2 Å². The molecule has 1 aromatic carbocycles. The summed E-state index contributed by atoms with van der Waals surface area (Å²) in [7, 11) is 0. The van der Waals surface area contributed by atoms with Crippen molar-refractivity contribution in [3.8, 4) is 0 Å². The van der Waals surface area contributed by atoms with Gasteiger partial charge >= 0.3 is 12.1 Å². The molecule has 1 aromatic rings. The van der Waals surface area contributed by atoms with Gasteiger partial charge in [-0.2, -0.15) is 0 Å². The molecule has 0 radical (unpaired) electrons. The van der Waals surface area contributed by atoms with Crippen LogP contribution in [0.3, 0.4) is 0 Å². The molecule has 0 saturated carbocycles. The van der Waals surface area contributed by atoms with Crippen molar-refractivity contribution in [2.75, 3.05) is 23.4 Å². The minimum Gasteiger partial charge on any atom is -0.461 e. The van der Waals surface area contributed by atoms with E-state index in [4.69, 9.17) is 9.47 Å². The van der Waals surface area contributed by atoms with E-state index < -0.39 is 12.1 Å². The molecule has 0 spiro atoms. The van der Waals surface area contributed by atoms with E-state index in [0.717, 1.165) is 0 Å². The molecule has 0 aliphatic carbocycles. The van der Waals surface area contributed by atoms with Crippen molar-refractivity contribution < 1.29 is 19.1 Å². The van der Waals surface area contributed by atoms with Crippen molar-refractivity contribution in [1.82, 2.24) is 0 Å². The van der Waals surface area contributed by atoms with E-state index in [0.29, 0.717) is 11.4 Å². The molecule has 6 heteroatoms. The molecule has 1 aliphatic rings. The minimum absolute atomic E-state index is 0.193. The number of nitrogens with zero attached hydrogens (tertiary/aromatic N) is 1. The van der Waals surface area contributed by atoms with Gasteiger partial charge in [0.1, 0.15) is 5.70 Å². The fraction of sp³-hybridized carbons (Fsp3) is 0.286. The second-order valence-corrected chi connectivity index (χ2v) is 3.97. The zero-order chi connectivity index (χ0) is 14.5. The molecule has 0 unspecified atom stereocenters. The third-order valence-corrected chi connectivity index (χ3v) is 2.65. The van der Waals surface area contributed by atoms with Crippen molar-refractivity contribution >= 4 is 23.4 Å². The van der Waals surface area contributed by atoms with E-state index in [1.165, 1.54) is 11.1 Å². The van der Waals surface area contributed by atoms with Gasteiger partial charge in [0.2, 0.25) is 0 Å². The molecule has 6 nitrogen and oxygen atoms in total. The average molecular weight is 276 g/mol. The molecule has 0 bridgehead atoms. The van der Waals surface area contributed by atoms with Crippen LogP contribution >= 0.6 is 0 Å². The van der Waals surface area contributed by atoms with Crippen LogP contribution in [0.25, 0.3) is 0 Å². The molecular formula is C14H16N2O4. The topological polar surface area (TPSA) is 67.9 Å². The molecule has 0 aromatic heterocycles. The summed E-state index contributed by atoms with van der Waals surface area (Å²) in [5.41, 5.74) is 1.46. The molecule has 1 amide bonds. The molecule has 2 rings (SSSR count). The number of ether oxygens (including phenoxy) is 2. The molecular weight excluding hydrogens is 260 g/mol. The summed E-state index contributed by atoms with van der Waals surface area (Å²) in [6.45, 7) is 3.97. The number of anilines is 2. The largest absolute Gasteiger partial charge is 0.461 e. The van der Waals surface area contributed by atoms with Crippen LogP contribution in [0.1, 0.15) is 13.8 Å². The smallest absolute Gasteiger partial charge is 0.418 e. The Morgan fingerprint density at radius 1 is 1.15 bits per heavy atom. The van der Waals surface area contributed by atoms with E-state index in [9.17, 15) is 9.59 Å². The Morgan fingerprint density at radius 2 is 1.85 bits per heavy atom. The predicted octanol–water partition coefficient (Wildman–Crippen LogP) is 2.48. The quantitative estimate of drug-likeness (QED) is 0.859. The van der Waals surface area contributed by atoms with Crippen molar-refractivity contribution in [2.24, 2.45) is 0 Å². The molecule has 106 valence electrons. The second-order valence-electron chi connectivity index (χ2n) is 3.97. The summed E-state index contributed by atoms with van der Waals surface area (Å²) in [4.78, 5) is 25.1. The zero-order valence-corrected chi connectivity index (χ0v) is 11.4. The average Bonchev–Trinajstić information content (AvgIpc) is 2.46.